The van der Waals surface area contributed by atoms with Crippen LogP contribution in [0.15, 0.2) is 47.1 Å². The first kappa shape index (κ1) is 13.2. The number of fused-ring (bicyclic) bond motifs is 1. The summed E-state index contributed by atoms with van der Waals surface area (Å²) < 4.78 is 2.96. The Labute approximate surface area is 126 Å². The number of nitrogens with zero attached hydrogens (tertiary/aromatic N) is 2. The van der Waals surface area contributed by atoms with Gasteiger partial charge in [-0.05, 0) is 42.0 Å². The number of benzene rings is 2. The van der Waals surface area contributed by atoms with Crippen LogP contribution in [0.5, 0.6) is 0 Å². The quantitative estimate of drug-likeness (QED) is 0.778. The molecule has 20 heavy (non-hydrogen) atoms. The van der Waals surface area contributed by atoms with Gasteiger partial charge in [0.05, 0.1) is 5.69 Å². The average Bonchev–Trinajstić information content (AvgIpc) is 2.74. The second kappa shape index (κ2) is 5.29. The van der Waals surface area contributed by atoms with E-state index in [1.54, 1.807) is 0 Å². The monoisotopic (exact) mass is 329 g/mol. The van der Waals surface area contributed by atoms with Gasteiger partial charge in [-0.15, -0.1) is 0 Å². The average molecular weight is 330 g/mol. The van der Waals surface area contributed by atoms with Crippen LogP contribution in [0.25, 0.3) is 10.8 Å². The standard InChI is InChI=1S/C16H16BrN3/c1-11-14(10-20(2)19-11)9-18-16-6-4-12-7-15(17)5-3-13(12)8-16/h3-8,10,18H,9H2,1-2H3. The van der Waals surface area contributed by atoms with Crippen LogP contribution in [0.2, 0.25) is 0 Å². The number of aromatic nitrogens is 2. The maximum Gasteiger partial charge on any atom is 0.0643 e. The third-order valence-electron chi connectivity index (χ3n) is 3.40. The van der Waals surface area contributed by atoms with Crippen LogP contribution in [-0.4, -0.2) is 9.78 Å². The fourth-order valence-electron chi connectivity index (χ4n) is 2.35. The Balaban J connectivity index is 1.81. The van der Waals surface area contributed by atoms with Gasteiger partial charge in [0, 0.05) is 35.5 Å². The molecule has 0 aliphatic rings. The number of aryl methyl sites for hydroxylation is 2. The Morgan fingerprint density at radius 2 is 1.90 bits per heavy atom. The molecule has 0 radical (unpaired) electrons. The van der Waals surface area contributed by atoms with Crippen LogP contribution in [0.4, 0.5) is 5.69 Å². The molecule has 0 aliphatic carbocycles. The highest BCUT2D eigenvalue weighted by molar-refractivity contribution is 9.10. The topological polar surface area (TPSA) is 29.9 Å². The Kier molecular flexibility index (Phi) is 3.49. The molecule has 1 aromatic heterocycles. The molecule has 3 rings (SSSR count). The summed E-state index contributed by atoms with van der Waals surface area (Å²) in [4.78, 5) is 0. The van der Waals surface area contributed by atoms with E-state index in [1.807, 2.05) is 18.7 Å². The lowest BCUT2D eigenvalue weighted by Gasteiger charge is -2.07. The molecule has 0 fully saturated rings. The third kappa shape index (κ3) is 2.70. The molecule has 2 aromatic carbocycles. The Bertz CT molecular complexity index is 762. The van der Waals surface area contributed by atoms with E-state index >= 15 is 0 Å². The molecule has 1 N–H and O–H groups in total. The van der Waals surface area contributed by atoms with Gasteiger partial charge in [-0.25, -0.2) is 0 Å². The highest BCUT2D eigenvalue weighted by Gasteiger charge is 2.03. The van der Waals surface area contributed by atoms with Gasteiger partial charge in [0.25, 0.3) is 0 Å². The molecule has 0 aliphatic heterocycles. The van der Waals surface area contributed by atoms with Gasteiger partial charge in [-0.3, -0.25) is 4.68 Å². The van der Waals surface area contributed by atoms with E-state index in [0.29, 0.717) is 0 Å². The minimum atomic E-state index is 0.793. The lowest BCUT2D eigenvalue weighted by Crippen LogP contribution is -1.99. The van der Waals surface area contributed by atoms with E-state index in [4.69, 9.17) is 0 Å². The van der Waals surface area contributed by atoms with Gasteiger partial charge < -0.3 is 5.32 Å². The third-order valence-corrected chi connectivity index (χ3v) is 3.89. The van der Waals surface area contributed by atoms with E-state index in [0.717, 1.165) is 22.4 Å². The number of hydrogen-bond acceptors (Lipinski definition) is 2. The fraction of sp³-hybridized carbons (Fsp3) is 0.188. The molecule has 0 atom stereocenters. The van der Waals surface area contributed by atoms with Gasteiger partial charge in [-0.1, -0.05) is 28.1 Å². The van der Waals surface area contributed by atoms with Crippen LogP contribution >= 0.6 is 15.9 Å². The lowest BCUT2D eigenvalue weighted by molar-refractivity contribution is 0.756. The van der Waals surface area contributed by atoms with Crippen molar-refractivity contribution < 1.29 is 0 Å². The summed E-state index contributed by atoms with van der Waals surface area (Å²) >= 11 is 3.50. The van der Waals surface area contributed by atoms with E-state index in [-0.39, 0.29) is 0 Å². The van der Waals surface area contributed by atoms with Crippen molar-refractivity contribution in [1.29, 1.82) is 0 Å². The first-order valence-corrected chi connectivity index (χ1v) is 7.33. The molecule has 3 aromatic rings. The minimum Gasteiger partial charge on any atom is -0.381 e. The summed E-state index contributed by atoms with van der Waals surface area (Å²) in [5.74, 6) is 0. The lowest BCUT2D eigenvalue weighted by atomic mass is 10.1. The van der Waals surface area contributed by atoms with E-state index in [1.165, 1.54) is 16.3 Å². The molecule has 102 valence electrons. The van der Waals surface area contributed by atoms with Gasteiger partial charge in [0.2, 0.25) is 0 Å². The Hall–Kier alpha value is -1.81. The highest BCUT2D eigenvalue weighted by atomic mass is 79.9. The molecule has 0 bridgehead atoms. The summed E-state index contributed by atoms with van der Waals surface area (Å²) in [5.41, 5.74) is 3.43. The summed E-state index contributed by atoms with van der Waals surface area (Å²) in [6, 6.07) is 12.7. The van der Waals surface area contributed by atoms with Gasteiger partial charge in [0.15, 0.2) is 0 Å². The molecule has 3 nitrogen and oxygen atoms in total. The summed E-state index contributed by atoms with van der Waals surface area (Å²) in [6.45, 7) is 2.83. The highest BCUT2D eigenvalue weighted by Crippen LogP contribution is 2.23. The molecule has 0 saturated heterocycles. The molecule has 0 amide bonds. The first-order chi connectivity index (χ1) is 9.61. The van der Waals surface area contributed by atoms with E-state index in [2.05, 4.69) is 68.9 Å². The number of anilines is 1. The van der Waals surface area contributed by atoms with Crippen molar-refractivity contribution >= 4 is 32.4 Å². The maximum atomic E-state index is 4.35. The maximum absolute atomic E-state index is 4.35. The zero-order chi connectivity index (χ0) is 14.1. The largest absolute Gasteiger partial charge is 0.381 e. The molecule has 0 saturated carbocycles. The number of hydrogen-bond donors (Lipinski definition) is 1. The van der Waals surface area contributed by atoms with Crippen molar-refractivity contribution in [2.75, 3.05) is 5.32 Å². The SMILES string of the molecule is Cc1nn(C)cc1CNc1ccc2cc(Br)ccc2c1. The van der Waals surface area contributed by atoms with Crippen LogP contribution < -0.4 is 5.32 Å². The van der Waals surface area contributed by atoms with E-state index < -0.39 is 0 Å². The minimum absolute atomic E-state index is 0.793. The molecule has 0 spiro atoms. The first-order valence-electron chi connectivity index (χ1n) is 6.54. The zero-order valence-corrected chi connectivity index (χ0v) is 13.1. The van der Waals surface area contributed by atoms with Gasteiger partial charge >= 0.3 is 0 Å². The van der Waals surface area contributed by atoms with E-state index in [9.17, 15) is 0 Å². The predicted molar refractivity (Wildman–Crippen MR) is 86.9 cm³/mol. The second-order valence-electron chi connectivity index (χ2n) is 4.97. The molecule has 1 heterocycles. The van der Waals surface area contributed by atoms with Crippen molar-refractivity contribution in [2.24, 2.45) is 7.05 Å². The van der Waals surface area contributed by atoms with Crippen LogP contribution in [0.3, 0.4) is 0 Å². The summed E-state index contributed by atoms with van der Waals surface area (Å²) in [7, 11) is 1.95. The normalized spacial score (nSPS) is 10.9. The number of nitrogens with one attached hydrogen (secondary N) is 1. The van der Waals surface area contributed by atoms with Crippen molar-refractivity contribution in [3.63, 3.8) is 0 Å². The molecular weight excluding hydrogens is 314 g/mol. The Morgan fingerprint density at radius 1 is 1.15 bits per heavy atom. The smallest absolute Gasteiger partial charge is 0.0643 e. The summed E-state index contributed by atoms with van der Waals surface area (Å²) in [6.07, 6.45) is 2.06. The van der Waals surface area contributed by atoms with Gasteiger partial charge in [0.1, 0.15) is 0 Å². The van der Waals surface area contributed by atoms with Crippen LogP contribution in [0, 0.1) is 6.92 Å². The Morgan fingerprint density at radius 3 is 2.65 bits per heavy atom. The predicted octanol–water partition coefficient (Wildman–Crippen LogP) is 4.26. The van der Waals surface area contributed by atoms with Crippen molar-refractivity contribution in [3.8, 4) is 0 Å². The zero-order valence-electron chi connectivity index (χ0n) is 11.5. The number of halogens is 1. The molecular formula is C16H16BrN3. The fourth-order valence-corrected chi connectivity index (χ4v) is 2.72. The molecule has 0 unspecified atom stereocenters. The molecule has 4 heteroatoms. The van der Waals surface area contributed by atoms with Crippen molar-refractivity contribution in [3.05, 3.63) is 58.3 Å². The van der Waals surface area contributed by atoms with Crippen LogP contribution in [-0.2, 0) is 13.6 Å². The van der Waals surface area contributed by atoms with Crippen molar-refractivity contribution in [1.82, 2.24) is 9.78 Å². The van der Waals surface area contributed by atoms with Crippen LogP contribution in [0.1, 0.15) is 11.3 Å². The van der Waals surface area contributed by atoms with Crippen molar-refractivity contribution in [2.45, 2.75) is 13.5 Å². The summed E-state index contributed by atoms with van der Waals surface area (Å²) in [5, 5.41) is 10.3. The number of rotatable bonds is 3. The second-order valence-corrected chi connectivity index (χ2v) is 5.89. The van der Waals surface area contributed by atoms with Gasteiger partial charge in [-0.2, -0.15) is 5.10 Å².